The molecule has 0 N–H and O–H groups in total. The van der Waals surface area contributed by atoms with Crippen LogP contribution in [0.25, 0.3) is 33.5 Å². The third-order valence-corrected chi connectivity index (χ3v) is 6.62. The first-order valence-electron chi connectivity index (χ1n) is 12.4. The fourth-order valence-corrected chi connectivity index (χ4v) is 4.92. The minimum atomic E-state index is -0.584. The molecule has 0 bridgehead atoms. The summed E-state index contributed by atoms with van der Waals surface area (Å²) in [5.74, 6) is -1.90. The maximum absolute atomic E-state index is 12.8. The van der Waals surface area contributed by atoms with Crippen molar-refractivity contribution in [2.75, 3.05) is 13.2 Å². The van der Waals surface area contributed by atoms with Gasteiger partial charge in [0, 0.05) is 11.1 Å². The van der Waals surface area contributed by atoms with Gasteiger partial charge in [-0.15, -0.1) is 0 Å². The maximum atomic E-state index is 12.8. The SMILES string of the molecule is CCOC(=O)[C@@H]1Cc2cc3nc(-c4ccccc4)c(-c4ccccc4)nc3cc2C[C@H]1C(=O)OCC. The quantitative estimate of drug-likeness (QED) is 0.343. The highest BCUT2D eigenvalue weighted by atomic mass is 16.5. The summed E-state index contributed by atoms with van der Waals surface area (Å²) >= 11 is 0. The van der Waals surface area contributed by atoms with Gasteiger partial charge in [0.05, 0.1) is 47.5 Å². The Kier molecular flexibility index (Phi) is 6.76. The molecule has 1 aliphatic carbocycles. The number of carbonyl (C=O) groups excluding carboxylic acids is 2. The Morgan fingerprint density at radius 3 is 1.44 bits per heavy atom. The van der Waals surface area contributed by atoms with E-state index in [0.29, 0.717) is 12.8 Å². The Morgan fingerprint density at radius 2 is 1.08 bits per heavy atom. The summed E-state index contributed by atoms with van der Waals surface area (Å²) in [6.45, 7) is 4.08. The number of rotatable bonds is 6. The van der Waals surface area contributed by atoms with Crippen molar-refractivity contribution in [2.24, 2.45) is 11.8 Å². The van der Waals surface area contributed by atoms with Crippen molar-refractivity contribution in [2.45, 2.75) is 26.7 Å². The van der Waals surface area contributed by atoms with Crippen molar-refractivity contribution in [1.29, 1.82) is 0 Å². The molecule has 0 spiro atoms. The van der Waals surface area contributed by atoms with E-state index < -0.39 is 11.8 Å². The van der Waals surface area contributed by atoms with Gasteiger partial charge in [-0.1, -0.05) is 60.7 Å². The fourth-order valence-electron chi connectivity index (χ4n) is 4.92. The predicted octanol–water partition coefficient (Wildman–Crippen LogP) is 5.42. The monoisotopic (exact) mass is 480 g/mol. The number of ether oxygens (including phenoxy) is 2. The lowest BCUT2D eigenvalue weighted by Gasteiger charge is -2.30. The highest BCUT2D eigenvalue weighted by Gasteiger charge is 2.40. The van der Waals surface area contributed by atoms with Gasteiger partial charge >= 0.3 is 11.9 Å². The molecule has 1 aromatic heterocycles. The van der Waals surface area contributed by atoms with Gasteiger partial charge in [-0.05, 0) is 49.9 Å². The van der Waals surface area contributed by atoms with Crippen LogP contribution in [0.3, 0.4) is 0 Å². The Labute approximate surface area is 210 Å². The number of benzene rings is 3. The molecule has 0 saturated heterocycles. The summed E-state index contributed by atoms with van der Waals surface area (Å²) in [6.07, 6.45) is 0.798. The van der Waals surface area contributed by atoms with Crippen LogP contribution >= 0.6 is 0 Å². The van der Waals surface area contributed by atoms with Gasteiger partial charge in [0.2, 0.25) is 0 Å². The van der Waals surface area contributed by atoms with Gasteiger partial charge in [0.1, 0.15) is 0 Å². The Morgan fingerprint density at radius 1 is 0.694 bits per heavy atom. The normalized spacial score (nSPS) is 16.8. The average Bonchev–Trinajstić information content (AvgIpc) is 2.91. The van der Waals surface area contributed by atoms with Gasteiger partial charge in [-0.2, -0.15) is 0 Å². The molecule has 5 rings (SSSR count). The van der Waals surface area contributed by atoms with Crippen LogP contribution in [0.1, 0.15) is 25.0 Å². The van der Waals surface area contributed by atoms with E-state index in [0.717, 1.165) is 44.7 Å². The molecular formula is C30H28N2O4. The van der Waals surface area contributed by atoms with Crippen LogP contribution < -0.4 is 0 Å². The highest BCUT2D eigenvalue weighted by Crippen LogP contribution is 2.36. The second-order valence-electron chi connectivity index (χ2n) is 8.89. The van der Waals surface area contributed by atoms with Crippen LogP contribution in [0.5, 0.6) is 0 Å². The van der Waals surface area contributed by atoms with Crippen LogP contribution in [-0.2, 0) is 31.9 Å². The lowest BCUT2D eigenvalue weighted by atomic mass is 9.75. The molecule has 1 aliphatic rings. The van der Waals surface area contributed by atoms with Crippen molar-refractivity contribution < 1.29 is 19.1 Å². The maximum Gasteiger partial charge on any atom is 0.310 e. The largest absolute Gasteiger partial charge is 0.466 e. The number of hydrogen-bond donors (Lipinski definition) is 0. The second-order valence-corrected chi connectivity index (χ2v) is 8.89. The Balaban J connectivity index is 1.64. The molecule has 2 atom stereocenters. The predicted molar refractivity (Wildman–Crippen MR) is 138 cm³/mol. The second kappa shape index (κ2) is 10.3. The van der Waals surface area contributed by atoms with Gasteiger partial charge in [-0.25, -0.2) is 9.97 Å². The van der Waals surface area contributed by atoms with Crippen LogP contribution in [0.15, 0.2) is 72.8 Å². The van der Waals surface area contributed by atoms with Crippen LogP contribution in [0, 0.1) is 11.8 Å². The first-order valence-corrected chi connectivity index (χ1v) is 12.4. The molecule has 6 heteroatoms. The van der Waals surface area contributed by atoms with Gasteiger partial charge in [0.15, 0.2) is 0 Å². The molecule has 1 heterocycles. The number of hydrogen-bond acceptors (Lipinski definition) is 6. The smallest absolute Gasteiger partial charge is 0.310 e. The molecule has 0 saturated carbocycles. The zero-order valence-electron chi connectivity index (χ0n) is 20.4. The lowest BCUT2D eigenvalue weighted by Crippen LogP contribution is -2.38. The third-order valence-electron chi connectivity index (χ3n) is 6.62. The number of esters is 2. The van der Waals surface area contributed by atoms with Crippen LogP contribution in [0.4, 0.5) is 0 Å². The van der Waals surface area contributed by atoms with Gasteiger partial charge < -0.3 is 9.47 Å². The van der Waals surface area contributed by atoms with Crippen molar-refractivity contribution in [3.63, 3.8) is 0 Å². The summed E-state index contributed by atoms with van der Waals surface area (Å²) in [6, 6.07) is 24.0. The Hall–Kier alpha value is -4.06. The highest BCUT2D eigenvalue weighted by molar-refractivity contribution is 5.88. The number of carbonyl (C=O) groups is 2. The van der Waals surface area contributed by atoms with Crippen LogP contribution in [-0.4, -0.2) is 35.1 Å². The Bertz CT molecular complexity index is 1300. The molecule has 0 unspecified atom stereocenters. The third kappa shape index (κ3) is 4.59. The summed E-state index contributed by atoms with van der Waals surface area (Å²) < 4.78 is 10.6. The topological polar surface area (TPSA) is 78.4 Å². The zero-order valence-corrected chi connectivity index (χ0v) is 20.4. The van der Waals surface area contributed by atoms with E-state index in [-0.39, 0.29) is 25.2 Å². The number of aromatic nitrogens is 2. The van der Waals surface area contributed by atoms with Crippen molar-refractivity contribution in [3.05, 3.63) is 83.9 Å². The van der Waals surface area contributed by atoms with Crippen molar-refractivity contribution in [3.8, 4) is 22.5 Å². The first-order chi connectivity index (χ1) is 17.6. The van der Waals surface area contributed by atoms with E-state index in [9.17, 15) is 9.59 Å². The molecular weight excluding hydrogens is 452 g/mol. The molecule has 6 nitrogen and oxygen atoms in total. The minimum absolute atomic E-state index is 0.267. The van der Waals surface area contributed by atoms with Gasteiger partial charge in [0.25, 0.3) is 0 Å². The molecule has 0 aliphatic heterocycles. The summed E-state index contributed by atoms with van der Waals surface area (Å²) in [7, 11) is 0. The average molecular weight is 481 g/mol. The number of fused-ring (bicyclic) bond motifs is 2. The lowest BCUT2D eigenvalue weighted by molar-refractivity contribution is -0.160. The summed E-state index contributed by atoms with van der Waals surface area (Å²) in [5, 5.41) is 0. The summed E-state index contributed by atoms with van der Waals surface area (Å²) in [4.78, 5) is 35.6. The molecule has 36 heavy (non-hydrogen) atoms. The van der Waals surface area contributed by atoms with Crippen molar-refractivity contribution in [1.82, 2.24) is 9.97 Å². The van der Waals surface area contributed by atoms with E-state index in [1.54, 1.807) is 13.8 Å². The van der Waals surface area contributed by atoms with E-state index in [4.69, 9.17) is 19.4 Å². The van der Waals surface area contributed by atoms with E-state index in [1.807, 2.05) is 72.8 Å². The van der Waals surface area contributed by atoms with Crippen LogP contribution in [0.2, 0.25) is 0 Å². The minimum Gasteiger partial charge on any atom is -0.466 e. The fraction of sp³-hybridized carbons (Fsp3) is 0.267. The molecule has 4 aromatic rings. The molecule has 0 fully saturated rings. The van der Waals surface area contributed by atoms with Crippen molar-refractivity contribution >= 4 is 23.0 Å². The van der Waals surface area contributed by atoms with E-state index >= 15 is 0 Å². The number of nitrogens with zero attached hydrogens (tertiary/aromatic N) is 2. The zero-order chi connectivity index (χ0) is 25.1. The molecule has 3 aromatic carbocycles. The molecule has 182 valence electrons. The first kappa shape index (κ1) is 23.7. The standard InChI is InChI=1S/C30H28N2O4/c1-3-35-29(33)23-15-21-17-25-26(18-22(21)16-24(23)30(34)36-4-2)32-28(20-13-9-6-10-14-20)27(31-25)19-11-7-5-8-12-19/h5-14,17-18,23-24H,3-4,15-16H2,1-2H3/t23-,24-/m1/s1. The molecule has 0 amide bonds. The van der Waals surface area contributed by atoms with E-state index in [2.05, 4.69) is 0 Å². The molecule has 0 radical (unpaired) electrons. The summed E-state index contributed by atoms with van der Waals surface area (Å²) in [5.41, 5.74) is 7.05. The van der Waals surface area contributed by atoms with Gasteiger partial charge in [-0.3, -0.25) is 9.59 Å². The van der Waals surface area contributed by atoms with E-state index in [1.165, 1.54) is 0 Å².